The van der Waals surface area contributed by atoms with Crippen LogP contribution in [0.2, 0.25) is 0 Å². The third-order valence-electron chi connectivity index (χ3n) is 13.2. The Labute approximate surface area is 463 Å². The Morgan fingerprint density at radius 3 is 0.853 bits per heavy atom. The van der Waals surface area contributed by atoms with E-state index in [-0.39, 0.29) is 37.5 Å². The number of hydrogen-bond acceptors (Lipinski definition) is 6. The second kappa shape index (κ2) is 62.6. The lowest BCUT2D eigenvalue weighted by molar-refractivity contribution is -0.167. The van der Waals surface area contributed by atoms with Gasteiger partial charge in [0.1, 0.15) is 13.2 Å². The second-order valence-corrected chi connectivity index (χ2v) is 20.6. The Kier molecular flexibility index (Phi) is 59.3. The SMILES string of the molecule is CC/C=C\C/C=C\C/C=C\C/C=C\C/C=C\CCCCCC(=O)OC(COC(=O)CCCCCCC/C=C\CCCCCC)COC(=O)CCCCCCCCCCCC/C=C\C/C=C\C/C=C\CCCCCCC. The third kappa shape index (κ3) is 60.8. The minimum Gasteiger partial charge on any atom is -0.462 e. The smallest absolute Gasteiger partial charge is 0.306 e. The van der Waals surface area contributed by atoms with Crippen molar-refractivity contribution in [3.8, 4) is 0 Å². The molecule has 0 aromatic heterocycles. The fourth-order valence-corrected chi connectivity index (χ4v) is 8.53. The highest BCUT2D eigenvalue weighted by Gasteiger charge is 2.19. The average molecular weight is 1040 g/mol. The standard InChI is InChI=1S/C69H116O6/c1-4-7-10-13-16-19-22-25-27-29-31-32-33-34-35-36-38-39-41-44-47-50-53-56-59-62-68(71)74-65-66(64-73-67(70)61-58-55-52-49-46-43-24-21-18-15-12-9-6-3)75-69(72)63-60-57-54-51-48-45-42-40-37-30-28-26-23-20-17-14-11-8-5-2/h8,11,17,20-22,24-26,28-29,31,33-34,37,40,45,48,66H,4-7,9-10,12-16,18-19,23,27,30,32,35-36,38-39,41-44,46-47,49-65H2,1-3H3/b11-8-,20-17-,24-21-,25-22-,28-26-,31-29-,34-33-,40-37-,48-45-. The van der Waals surface area contributed by atoms with Crippen LogP contribution in [0.4, 0.5) is 0 Å². The van der Waals surface area contributed by atoms with Gasteiger partial charge in [-0.1, -0.05) is 252 Å². The fraction of sp³-hybridized carbons (Fsp3) is 0.696. The third-order valence-corrected chi connectivity index (χ3v) is 13.2. The van der Waals surface area contributed by atoms with Crippen LogP contribution < -0.4 is 0 Å². The minimum absolute atomic E-state index is 0.0970. The molecule has 1 unspecified atom stereocenters. The van der Waals surface area contributed by atoms with Crippen molar-refractivity contribution in [2.45, 2.75) is 297 Å². The Balaban J connectivity index is 4.39. The van der Waals surface area contributed by atoms with Crippen molar-refractivity contribution in [1.29, 1.82) is 0 Å². The predicted octanol–water partition coefficient (Wildman–Crippen LogP) is 21.4. The van der Waals surface area contributed by atoms with Crippen molar-refractivity contribution in [1.82, 2.24) is 0 Å². The first kappa shape index (κ1) is 71.1. The van der Waals surface area contributed by atoms with Crippen LogP contribution in [0.5, 0.6) is 0 Å². The predicted molar refractivity (Wildman–Crippen MR) is 325 cm³/mol. The van der Waals surface area contributed by atoms with Crippen LogP contribution >= 0.6 is 0 Å². The maximum Gasteiger partial charge on any atom is 0.306 e. The molecule has 6 heteroatoms. The summed E-state index contributed by atoms with van der Waals surface area (Å²) in [6.45, 7) is 6.47. The molecular weight excluding hydrogens is 925 g/mol. The highest BCUT2D eigenvalue weighted by molar-refractivity contribution is 5.71. The summed E-state index contributed by atoms with van der Waals surface area (Å²) in [6, 6.07) is 0. The lowest BCUT2D eigenvalue weighted by Crippen LogP contribution is -2.30. The fourth-order valence-electron chi connectivity index (χ4n) is 8.53. The lowest BCUT2D eigenvalue weighted by atomic mass is 10.1. The zero-order chi connectivity index (χ0) is 54.3. The van der Waals surface area contributed by atoms with Crippen LogP contribution in [0.3, 0.4) is 0 Å². The quantitative estimate of drug-likeness (QED) is 0.0261. The van der Waals surface area contributed by atoms with Gasteiger partial charge in [-0.25, -0.2) is 0 Å². The van der Waals surface area contributed by atoms with Crippen LogP contribution in [0.1, 0.15) is 290 Å². The number of rotatable bonds is 56. The van der Waals surface area contributed by atoms with Crippen molar-refractivity contribution in [2.75, 3.05) is 13.2 Å². The molecule has 6 nitrogen and oxygen atoms in total. The highest BCUT2D eigenvalue weighted by atomic mass is 16.6. The normalized spacial score (nSPS) is 12.8. The van der Waals surface area contributed by atoms with Crippen LogP contribution in [0.25, 0.3) is 0 Å². The summed E-state index contributed by atoms with van der Waals surface area (Å²) in [5.41, 5.74) is 0. The molecule has 0 N–H and O–H groups in total. The monoisotopic (exact) mass is 1040 g/mol. The Hall–Kier alpha value is -3.93. The van der Waals surface area contributed by atoms with Crippen LogP contribution in [-0.2, 0) is 28.6 Å². The van der Waals surface area contributed by atoms with Gasteiger partial charge in [0.2, 0.25) is 0 Å². The summed E-state index contributed by atoms with van der Waals surface area (Å²) < 4.78 is 16.9. The van der Waals surface area contributed by atoms with E-state index in [0.717, 1.165) is 122 Å². The largest absolute Gasteiger partial charge is 0.462 e. The summed E-state index contributed by atoms with van der Waals surface area (Å²) in [6.07, 6.45) is 85.2. The van der Waals surface area contributed by atoms with Gasteiger partial charge in [0, 0.05) is 19.3 Å². The number of esters is 3. The maximum atomic E-state index is 12.9. The molecule has 0 radical (unpaired) electrons. The molecule has 0 aliphatic carbocycles. The number of hydrogen-bond donors (Lipinski definition) is 0. The van der Waals surface area contributed by atoms with Crippen molar-refractivity contribution in [3.05, 3.63) is 109 Å². The Bertz CT molecular complexity index is 1520. The summed E-state index contributed by atoms with van der Waals surface area (Å²) in [5.74, 6) is -0.938. The van der Waals surface area contributed by atoms with Gasteiger partial charge in [-0.2, -0.15) is 0 Å². The van der Waals surface area contributed by atoms with E-state index in [0.29, 0.717) is 12.8 Å². The number of ether oxygens (including phenoxy) is 3. The van der Waals surface area contributed by atoms with Gasteiger partial charge in [0.15, 0.2) is 6.10 Å². The molecule has 0 bridgehead atoms. The van der Waals surface area contributed by atoms with Gasteiger partial charge < -0.3 is 14.2 Å². The van der Waals surface area contributed by atoms with Crippen LogP contribution in [0.15, 0.2) is 109 Å². The molecule has 1 atom stereocenters. The van der Waals surface area contributed by atoms with Gasteiger partial charge in [0.25, 0.3) is 0 Å². The number of carbonyl (C=O) groups excluding carboxylic acids is 3. The average Bonchev–Trinajstić information content (AvgIpc) is 3.41. The topological polar surface area (TPSA) is 78.9 Å². The molecule has 0 saturated heterocycles. The maximum absolute atomic E-state index is 12.9. The van der Waals surface area contributed by atoms with Crippen LogP contribution in [0, 0.1) is 0 Å². The molecule has 0 aliphatic rings. The van der Waals surface area contributed by atoms with Gasteiger partial charge in [-0.05, 0) is 128 Å². The molecule has 0 amide bonds. The first-order valence-corrected chi connectivity index (χ1v) is 31.4. The lowest BCUT2D eigenvalue weighted by Gasteiger charge is -2.18. The summed E-state index contributed by atoms with van der Waals surface area (Å²) in [5, 5.41) is 0. The molecule has 428 valence electrons. The molecule has 0 aromatic rings. The van der Waals surface area contributed by atoms with Gasteiger partial charge in [0.05, 0.1) is 0 Å². The van der Waals surface area contributed by atoms with Crippen molar-refractivity contribution in [2.24, 2.45) is 0 Å². The van der Waals surface area contributed by atoms with Crippen molar-refractivity contribution in [3.63, 3.8) is 0 Å². The molecule has 0 fully saturated rings. The minimum atomic E-state index is -0.803. The molecule has 0 aliphatic heterocycles. The van der Waals surface area contributed by atoms with Gasteiger partial charge >= 0.3 is 17.9 Å². The van der Waals surface area contributed by atoms with Crippen molar-refractivity contribution >= 4 is 17.9 Å². The van der Waals surface area contributed by atoms with E-state index in [4.69, 9.17) is 14.2 Å². The van der Waals surface area contributed by atoms with Crippen molar-refractivity contribution < 1.29 is 28.6 Å². The summed E-state index contributed by atoms with van der Waals surface area (Å²) in [7, 11) is 0. The molecule has 0 saturated carbocycles. The van der Waals surface area contributed by atoms with E-state index >= 15 is 0 Å². The first-order valence-electron chi connectivity index (χ1n) is 31.4. The van der Waals surface area contributed by atoms with Crippen LogP contribution in [-0.4, -0.2) is 37.2 Å². The first-order chi connectivity index (χ1) is 37.0. The molecule has 0 spiro atoms. The van der Waals surface area contributed by atoms with Gasteiger partial charge in [-0.3, -0.25) is 14.4 Å². The zero-order valence-corrected chi connectivity index (χ0v) is 49.0. The number of allylic oxidation sites excluding steroid dienone is 18. The molecule has 0 heterocycles. The van der Waals surface area contributed by atoms with E-state index < -0.39 is 6.10 Å². The van der Waals surface area contributed by atoms with Gasteiger partial charge in [-0.15, -0.1) is 0 Å². The van der Waals surface area contributed by atoms with E-state index in [1.165, 1.54) is 128 Å². The summed E-state index contributed by atoms with van der Waals surface area (Å²) in [4.78, 5) is 38.3. The summed E-state index contributed by atoms with van der Waals surface area (Å²) >= 11 is 0. The molecule has 0 aromatic carbocycles. The molecule has 0 rings (SSSR count). The molecule has 75 heavy (non-hydrogen) atoms. The second-order valence-electron chi connectivity index (χ2n) is 20.6. The highest BCUT2D eigenvalue weighted by Crippen LogP contribution is 2.15. The molecular formula is C69H116O6. The number of unbranched alkanes of at least 4 members (excludes halogenated alkanes) is 27. The van der Waals surface area contributed by atoms with E-state index in [1.54, 1.807) is 0 Å². The van der Waals surface area contributed by atoms with E-state index in [9.17, 15) is 14.4 Å². The van der Waals surface area contributed by atoms with E-state index in [2.05, 4.69) is 130 Å². The number of carbonyl (C=O) groups is 3. The van der Waals surface area contributed by atoms with E-state index in [1.807, 2.05) is 0 Å². The Morgan fingerprint density at radius 1 is 0.280 bits per heavy atom. The Morgan fingerprint density at radius 2 is 0.520 bits per heavy atom. The zero-order valence-electron chi connectivity index (χ0n) is 49.0.